The van der Waals surface area contributed by atoms with Gasteiger partial charge in [0.1, 0.15) is 5.41 Å². The number of amidine groups is 1. The highest BCUT2D eigenvalue weighted by molar-refractivity contribution is 7.99. The molecule has 0 saturated carbocycles. The summed E-state index contributed by atoms with van der Waals surface area (Å²) in [5, 5.41) is 14.9. The van der Waals surface area contributed by atoms with Gasteiger partial charge in [-0.25, -0.2) is 0 Å². The minimum Gasteiger partial charge on any atom is -0.409 e. The molecule has 1 aliphatic rings. The Balaban J connectivity index is 2.50. The van der Waals surface area contributed by atoms with Crippen LogP contribution in [0.15, 0.2) is 5.16 Å². The van der Waals surface area contributed by atoms with Gasteiger partial charge in [-0.1, -0.05) is 19.0 Å². The monoisotopic (exact) mass is 302 g/mol. The van der Waals surface area contributed by atoms with Gasteiger partial charge in [-0.2, -0.15) is 11.8 Å². The van der Waals surface area contributed by atoms with Crippen molar-refractivity contribution in [3.63, 3.8) is 0 Å². The predicted octanol–water partition coefficient (Wildman–Crippen LogP) is 0.704. The van der Waals surface area contributed by atoms with Crippen LogP contribution in [-0.2, 0) is 4.79 Å². The average molecular weight is 302 g/mol. The van der Waals surface area contributed by atoms with Crippen LogP contribution in [0.3, 0.4) is 0 Å². The highest BCUT2D eigenvalue weighted by Crippen LogP contribution is 2.26. The topological polar surface area (TPSA) is 91.0 Å². The van der Waals surface area contributed by atoms with E-state index >= 15 is 0 Å². The molecule has 1 aliphatic heterocycles. The summed E-state index contributed by atoms with van der Waals surface area (Å²) in [4.78, 5) is 14.7. The molecule has 0 radical (unpaired) electrons. The zero-order valence-electron chi connectivity index (χ0n) is 12.4. The van der Waals surface area contributed by atoms with Gasteiger partial charge in [0.15, 0.2) is 5.84 Å². The Morgan fingerprint density at radius 3 is 2.50 bits per heavy atom. The molecule has 0 aromatic heterocycles. The SMILES string of the molecule is CCC(CC)(C(=O)NCCN1CCSCC1)C(N)=NO. The van der Waals surface area contributed by atoms with E-state index in [2.05, 4.69) is 15.4 Å². The number of hydrogen-bond acceptors (Lipinski definition) is 5. The second-order valence-corrected chi connectivity index (χ2v) is 6.21. The number of nitrogens with zero attached hydrogens (tertiary/aromatic N) is 2. The smallest absolute Gasteiger partial charge is 0.233 e. The summed E-state index contributed by atoms with van der Waals surface area (Å²) < 4.78 is 0. The summed E-state index contributed by atoms with van der Waals surface area (Å²) in [7, 11) is 0. The van der Waals surface area contributed by atoms with Crippen LogP contribution in [0.4, 0.5) is 0 Å². The summed E-state index contributed by atoms with van der Waals surface area (Å²) in [6, 6.07) is 0. The number of nitrogens with two attached hydrogens (primary N) is 1. The number of nitrogens with one attached hydrogen (secondary N) is 1. The van der Waals surface area contributed by atoms with Crippen LogP contribution in [-0.4, -0.2) is 59.5 Å². The molecule has 0 aliphatic carbocycles. The van der Waals surface area contributed by atoms with Gasteiger partial charge in [-0.3, -0.25) is 9.69 Å². The van der Waals surface area contributed by atoms with Crippen LogP contribution in [0, 0.1) is 5.41 Å². The summed E-state index contributed by atoms with van der Waals surface area (Å²) in [5.41, 5.74) is 4.82. The fraction of sp³-hybridized carbons (Fsp3) is 0.846. The molecule has 0 spiro atoms. The molecular weight excluding hydrogens is 276 g/mol. The van der Waals surface area contributed by atoms with Gasteiger partial charge in [0.05, 0.1) is 0 Å². The van der Waals surface area contributed by atoms with E-state index in [4.69, 9.17) is 10.9 Å². The van der Waals surface area contributed by atoms with E-state index in [1.807, 2.05) is 25.6 Å². The predicted molar refractivity (Wildman–Crippen MR) is 83.2 cm³/mol. The molecule has 1 fully saturated rings. The molecule has 6 nitrogen and oxygen atoms in total. The average Bonchev–Trinajstić information content (AvgIpc) is 2.49. The van der Waals surface area contributed by atoms with Crippen molar-refractivity contribution in [3.05, 3.63) is 0 Å². The number of thioether (sulfide) groups is 1. The lowest BCUT2D eigenvalue weighted by Crippen LogP contribution is -2.50. The van der Waals surface area contributed by atoms with Crippen LogP contribution in [0.1, 0.15) is 26.7 Å². The molecule has 4 N–H and O–H groups in total. The van der Waals surface area contributed by atoms with Crippen LogP contribution < -0.4 is 11.1 Å². The molecule has 0 unspecified atom stereocenters. The van der Waals surface area contributed by atoms with Gasteiger partial charge in [0, 0.05) is 37.7 Å². The normalized spacial score (nSPS) is 18.0. The maximum atomic E-state index is 12.4. The maximum absolute atomic E-state index is 12.4. The zero-order chi connectivity index (χ0) is 15.0. The van der Waals surface area contributed by atoms with Crippen LogP contribution >= 0.6 is 11.8 Å². The number of amides is 1. The van der Waals surface area contributed by atoms with E-state index in [9.17, 15) is 4.79 Å². The number of rotatable bonds is 7. The van der Waals surface area contributed by atoms with E-state index in [0.29, 0.717) is 19.4 Å². The van der Waals surface area contributed by atoms with E-state index in [-0.39, 0.29) is 11.7 Å². The van der Waals surface area contributed by atoms with E-state index in [1.165, 1.54) is 0 Å². The Hall–Kier alpha value is -0.950. The van der Waals surface area contributed by atoms with Crippen molar-refractivity contribution in [2.45, 2.75) is 26.7 Å². The largest absolute Gasteiger partial charge is 0.409 e. The third kappa shape index (κ3) is 4.02. The molecule has 20 heavy (non-hydrogen) atoms. The van der Waals surface area contributed by atoms with E-state index in [0.717, 1.165) is 31.1 Å². The fourth-order valence-corrected chi connectivity index (χ4v) is 3.45. The quantitative estimate of drug-likeness (QED) is 0.279. The molecule has 7 heteroatoms. The van der Waals surface area contributed by atoms with Crippen molar-refractivity contribution in [1.82, 2.24) is 10.2 Å². The Morgan fingerprint density at radius 1 is 1.40 bits per heavy atom. The first-order chi connectivity index (χ1) is 9.60. The molecule has 116 valence electrons. The molecule has 1 heterocycles. The van der Waals surface area contributed by atoms with Gasteiger partial charge in [0.25, 0.3) is 0 Å². The molecule has 1 rings (SSSR count). The second kappa shape index (κ2) is 8.36. The third-order valence-electron chi connectivity index (χ3n) is 4.06. The van der Waals surface area contributed by atoms with Crippen molar-refractivity contribution in [2.75, 3.05) is 37.7 Å². The Morgan fingerprint density at radius 2 is 2.00 bits per heavy atom. The fourth-order valence-electron chi connectivity index (χ4n) is 2.47. The Kier molecular flexibility index (Phi) is 7.15. The maximum Gasteiger partial charge on any atom is 0.233 e. The van der Waals surface area contributed by atoms with Gasteiger partial charge in [-0.15, -0.1) is 0 Å². The number of carbonyl (C=O) groups is 1. The third-order valence-corrected chi connectivity index (χ3v) is 5.00. The van der Waals surface area contributed by atoms with Crippen molar-refractivity contribution in [3.8, 4) is 0 Å². The van der Waals surface area contributed by atoms with Crippen molar-refractivity contribution < 1.29 is 10.0 Å². The molecule has 0 atom stereocenters. The minimum atomic E-state index is -0.896. The van der Waals surface area contributed by atoms with Crippen molar-refractivity contribution >= 4 is 23.5 Å². The van der Waals surface area contributed by atoms with Crippen molar-refractivity contribution in [1.29, 1.82) is 0 Å². The van der Waals surface area contributed by atoms with Crippen molar-refractivity contribution in [2.24, 2.45) is 16.3 Å². The number of carbonyl (C=O) groups excluding carboxylic acids is 1. The lowest BCUT2D eigenvalue weighted by molar-refractivity contribution is -0.128. The van der Waals surface area contributed by atoms with Gasteiger partial charge < -0.3 is 16.3 Å². The first-order valence-electron chi connectivity index (χ1n) is 7.17. The first-order valence-corrected chi connectivity index (χ1v) is 8.32. The molecule has 0 aromatic rings. The molecule has 1 amide bonds. The first kappa shape index (κ1) is 17.1. The summed E-state index contributed by atoms with van der Waals surface area (Å²) in [5.74, 6) is 2.16. The van der Waals surface area contributed by atoms with Gasteiger partial charge in [0.2, 0.25) is 5.91 Å². The standard InChI is InChI=1S/C13H26N4O2S/c1-3-13(4-2,11(14)16-19)12(18)15-5-6-17-7-9-20-10-8-17/h19H,3-10H2,1-2H3,(H2,14,16)(H,15,18). The highest BCUT2D eigenvalue weighted by Gasteiger charge is 2.39. The second-order valence-electron chi connectivity index (χ2n) is 4.98. The molecule has 0 aromatic carbocycles. The number of hydrogen-bond donors (Lipinski definition) is 3. The molecule has 0 bridgehead atoms. The molecular formula is C13H26N4O2S. The van der Waals surface area contributed by atoms with Crippen LogP contribution in [0.2, 0.25) is 0 Å². The van der Waals surface area contributed by atoms with Crippen LogP contribution in [0.5, 0.6) is 0 Å². The van der Waals surface area contributed by atoms with E-state index in [1.54, 1.807) is 0 Å². The summed E-state index contributed by atoms with van der Waals surface area (Å²) in [6.07, 6.45) is 1.04. The Bertz CT molecular complexity index is 339. The minimum absolute atomic E-state index is 0.00521. The van der Waals surface area contributed by atoms with Crippen LogP contribution in [0.25, 0.3) is 0 Å². The number of oxime groups is 1. The lowest BCUT2D eigenvalue weighted by atomic mass is 9.80. The summed E-state index contributed by atoms with van der Waals surface area (Å²) >= 11 is 1.97. The highest BCUT2D eigenvalue weighted by atomic mass is 32.2. The van der Waals surface area contributed by atoms with Gasteiger partial charge in [-0.05, 0) is 12.8 Å². The van der Waals surface area contributed by atoms with Gasteiger partial charge >= 0.3 is 0 Å². The zero-order valence-corrected chi connectivity index (χ0v) is 13.2. The molecule has 1 saturated heterocycles. The van der Waals surface area contributed by atoms with E-state index < -0.39 is 5.41 Å². The summed E-state index contributed by atoms with van der Waals surface area (Å²) in [6.45, 7) is 7.36. The Labute approximate surface area is 125 Å². The lowest BCUT2D eigenvalue weighted by Gasteiger charge is -2.30.